The highest BCUT2D eigenvalue weighted by molar-refractivity contribution is 6.30. The Hall–Kier alpha value is -0.650. The molecule has 0 bridgehead atoms. The fourth-order valence-corrected chi connectivity index (χ4v) is 3.71. The predicted octanol–water partition coefficient (Wildman–Crippen LogP) is 3.04. The van der Waals surface area contributed by atoms with Crippen molar-refractivity contribution in [2.75, 3.05) is 52.6 Å². The molecule has 2 fully saturated rings. The second kappa shape index (κ2) is 9.73. The van der Waals surface area contributed by atoms with Gasteiger partial charge in [0.15, 0.2) is 0 Å². The van der Waals surface area contributed by atoms with Gasteiger partial charge < -0.3 is 9.47 Å². The minimum absolute atomic E-state index is 0.638. The molecule has 0 N–H and O–H groups in total. The molecule has 0 amide bonds. The second-order valence-electron chi connectivity index (χ2n) is 6.75. The molecule has 2 aliphatic rings. The quantitative estimate of drug-likeness (QED) is 0.753. The SMILES string of the molecule is Clc1ccc(CN(CCCN2CCOCC2)C2CCOCC2)cc1. The highest BCUT2D eigenvalue weighted by atomic mass is 35.5. The van der Waals surface area contributed by atoms with E-state index in [4.69, 9.17) is 21.1 Å². The molecular weight excluding hydrogens is 324 g/mol. The van der Waals surface area contributed by atoms with E-state index in [2.05, 4.69) is 21.9 Å². The molecule has 0 saturated carbocycles. The Morgan fingerprint density at radius 3 is 2.38 bits per heavy atom. The van der Waals surface area contributed by atoms with Crippen LogP contribution in [0.3, 0.4) is 0 Å². The van der Waals surface area contributed by atoms with Gasteiger partial charge in [0.25, 0.3) is 0 Å². The molecule has 5 heteroatoms. The number of hydrogen-bond acceptors (Lipinski definition) is 4. The van der Waals surface area contributed by atoms with Gasteiger partial charge >= 0.3 is 0 Å². The molecule has 0 spiro atoms. The van der Waals surface area contributed by atoms with E-state index in [1.165, 1.54) is 18.5 Å². The lowest BCUT2D eigenvalue weighted by Crippen LogP contribution is -2.42. The van der Waals surface area contributed by atoms with Crippen molar-refractivity contribution in [2.45, 2.75) is 31.8 Å². The fourth-order valence-electron chi connectivity index (χ4n) is 3.59. The summed E-state index contributed by atoms with van der Waals surface area (Å²) in [5.41, 5.74) is 1.34. The smallest absolute Gasteiger partial charge is 0.0594 e. The van der Waals surface area contributed by atoms with Gasteiger partial charge in [0.1, 0.15) is 0 Å². The fraction of sp³-hybridized carbons (Fsp3) is 0.684. The van der Waals surface area contributed by atoms with Gasteiger partial charge in [-0.1, -0.05) is 23.7 Å². The van der Waals surface area contributed by atoms with Gasteiger partial charge in [0.05, 0.1) is 13.2 Å². The standard InChI is InChI=1S/C19H29ClN2O2/c20-18-4-2-17(3-5-18)16-22(19-6-12-23-13-7-19)9-1-8-21-10-14-24-15-11-21/h2-5,19H,1,6-16H2. The number of morpholine rings is 1. The molecule has 1 aromatic rings. The van der Waals surface area contributed by atoms with Gasteiger partial charge in [-0.25, -0.2) is 0 Å². The molecule has 24 heavy (non-hydrogen) atoms. The Kier molecular flexibility index (Phi) is 7.36. The first kappa shape index (κ1) is 18.2. The maximum Gasteiger partial charge on any atom is 0.0594 e. The van der Waals surface area contributed by atoms with E-state index >= 15 is 0 Å². The molecule has 0 atom stereocenters. The lowest BCUT2D eigenvalue weighted by atomic mass is 10.1. The summed E-state index contributed by atoms with van der Waals surface area (Å²) in [7, 11) is 0. The first-order chi connectivity index (χ1) is 11.8. The van der Waals surface area contributed by atoms with E-state index in [1.54, 1.807) is 0 Å². The Bertz CT molecular complexity index is 471. The van der Waals surface area contributed by atoms with Crippen molar-refractivity contribution in [1.82, 2.24) is 9.80 Å². The summed E-state index contributed by atoms with van der Waals surface area (Å²) in [6.07, 6.45) is 3.50. The van der Waals surface area contributed by atoms with Crippen LogP contribution in [-0.4, -0.2) is 68.4 Å². The van der Waals surface area contributed by atoms with Crippen molar-refractivity contribution in [3.63, 3.8) is 0 Å². The topological polar surface area (TPSA) is 24.9 Å². The van der Waals surface area contributed by atoms with E-state index < -0.39 is 0 Å². The van der Waals surface area contributed by atoms with Crippen LogP contribution in [0.15, 0.2) is 24.3 Å². The van der Waals surface area contributed by atoms with Crippen molar-refractivity contribution in [1.29, 1.82) is 0 Å². The maximum atomic E-state index is 6.02. The Morgan fingerprint density at radius 1 is 1.00 bits per heavy atom. The lowest BCUT2D eigenvalue weighted by Gasteiger charge is -2.35. The van der Waals surface area contributed by atoms with E-state index in [-0.39, 0.29) is 0 Å². The lowest BCUT2D eigenvalue weighted by molar-refractivity contribution is 0.0218. The summed E-state index contributed by atoms with van der Waals surface area (Å²) >= 11 is 6.02. The van der Waals surface area contributed by atoms with Crippen LogP contribution in [0.2, 0.25) is 5.02 Å². The van der Waals surface area contributed by atoms with E-state index in [0.29, 0.717) is 6.04 Å². The van der Waals surface area contributed by atoms with Gasteiger partial charge in [0.2, 0.25) is 0 Å². The number of halogens is 1. The summed E-state index contributed by atoms with van der Waals surface area (Å²) in [5, 5.41) is 0.809. The van der Waals surface area contributed by atoms with Gasteiger partial charge in [-0.2, -0.15) is 0 Å². The van der Waals surface area contributed by atoms with Crippen molar-refractivity contribution >= 4 is 11.6 Å². The molecule has 2 heterocycles. The van der Waals surface area contributed by atoms with Crippen molar-refractivity contribution in [3.8, 4) is 0 Å². The average molecular weight is 353 g/mol. The zero-order chi connectivity index (χ0) is 16.6. The highest BCUT2D eigenvalue weighted by Gasteiger charge is 2.22. The Labute approximate surface area is 150 Å². The number of benzene rings is 1. The van der Waals surface area contributed by atoms with Crippen LogP contribution in [0.25, 0.3) is 0 Å². The number of rotatable bonds is 7. The zero-order valence-corrected chi connectivity index (χ0v) is 15.2. The summed E-state index contributed by atoms with van der Waals surface area (Å²) in [6.45, 7) is 9.03. The molecule has 134 valence electrons. The van der Waals surface area contributed by atoms with Crippen LogP contribution < -0.4 is 0 Å². The summed E-state index contributed by atoms with van der Waals surface area (Å²) < 4.78 is 11.0. The average Bonchev–Trinajstić information content (AvgIpc) is 2.64. The Morgan fingerprint density at radius 2 is 1.67 bits per heavy atom. The molecule has 1 aromatic carbocycles. The third-order valence-electron chi connectivity index (χ3n) is 5.03. The summed E-state index contributed by atoms with van der Waals surface area (Å²) in [4.78, 5) is 5.17. The normalized spacial score (nSPS) is 20.6. The first-order valence-electron chi connectivity index (χ1n) is 9.17. The molecule has 0 unspecified atom stereocenters. The van der Waals surface area contributed by atoms with E-state index in [0.717, 1.165) is 70.5 Å². The van der Waals surface area contributed by atoms with Crippen molar-refractivity contribution in [3.05, 3.63) is 34.9 Å². The van der Waals surface area contributed by atoms with Crippen molar-refractivity contribution in [2.24, 2.45) is 0 Å². The van der Waals surface area contributed by atoms with Crippen molar-refractivity contribution < 1.29 is 9.47 Å². The van der Waals surface area contributed by atoms with Crippen LogP contribution in [0, 0.1) is 0 Å². The summed E-state index contributed by atoms with van der Waals surface area (Å²) in [5.74, 6) is 0. The van der Waals surface area contributed by atoms with Crippen LogP contribution in [0.5, 0.6) is 0 Å². The van der Waals surface area contributed by atoms with Gasteiger partial charge in [0, 0.05) is 43.9 Å². The molecule has 0 radical (unpaired) electrons. The van der Waals surface area contributed by atoms with E-state index in [1.807, 2.05) is 12.1 Å². The van der Waals surface area contributed by atoms with Gasteiger partial charge in [-0.05, 0) is 50.0 Å². The largest absolute Gasteiger partial charge is 0.381 e. The summed E-state index contributed by atoms with van der Waals surface area (Å²) in [6, 6.07) is 8.92. The molecule has 0 aromatic heterocycles. The Balaban J connectivity index is 1.53. The van der Waals surface area contributed by atoms with Crippen LogP contribution in [0.1, 0.15) is 24.8 Å². The maximum absolute atomic E-state index is 6.02. The first-order valence-corrected chi connectivity index (χ1v) is 9.55. The van der Waals surface area contributed by atoms with Crippen LogP contribution in [0.4, 0.5) is 0 Å². The highest BCUT2D eigenvalue weighted by Crippen LogP contribution is 2.19. The molecule has 0 aliphatic carbocycles. The molecule has 2 saturated heterocycles. The number of ether oxygens (including phenoxy) is 2. The van der Waals surface area contributed by atoms with Gasteiger partial charge in [-0.15, -0.1) is 0 Å². The van der Waals surface area contributed by atoms with Crippen LogP contribution in [-0.2, 0) is 16.0 Å². The van der Waals surface area contributed by atoms with Gasteiger partial charge in [-0.3, -0.25) is 9.80 Å². The molecule has 2 aliphatic heterocycles. The zero-order valence-electron chi connectivity index (χ0n) is 14.5. The third-order valence-corrected chi connectivity index (χ3v) is 5.28. The number of nitrogens with zero attached hydrogens (tertiary/aromatic N) is 2. The van der Waals surface area contributed by atoms with E-state index in [9.17, 15) is 0 Å². The third kappa shape index (κ3) is 5.71. The molecule has 3 rings (SSSR count). The monoisotopic (exact) mass is 352 g/mol. The molecular formula is C19H29ClN2O2. The molecule has 4 nitrogen and oxygen atoms in total. The second-order valence-corrected chi connectivity index (χ2v) is 7.18. The minimum Gasteiger partial charge on any atom is -0.381 e. The van der Waals surface area contributed by atoms with Crippen LogP contribution >= 0.6 is 11.6 Å². The number of hydrogen-bond donors (Lipinski definition) is 0. The predicted molar refractivity (Wildman–Crippen MR) is 97.6 cm³/mol. The minimum atomic E-state index is 0.638.